The number of carbonyl (C=O) groups excluding carboxylic acids is 1. The third-order valence-corrected chi connectivity index (χ3v) is 8.59. The normalized spacial score (nSPS) is 16.6. The van der Waals surface area contributed by atoms with Crippen LogP contribution in [0, 0.1) is 11.6 Å². The maximum absolute atomic E-state index is 15.8. The van der Waals surface area contributed by atoms with E-state index in [-0.39, 0.29) is 78.5 Å². The van der Waals surface area contributed by atoms with Gasteiger partial charge in [-0.3, -0.25) is 9.58 Å². The molecule has 0 spiro atoms. The lowest BCUT2D eigenvalue weighted by Gasteiger charge is -2.35. The summed E-state index contributed by atoms with van der Waals surface area (Å²) < 4.78 is 117. The van der Waals surface area contributed by atoms with E-state index in [1.807, 2.05) is 0 Å². The largest absolute Gasteiger partial charge is 0.534 e. The van der Waals surface area contributed by atoms with Crippen LogP contribution in [0.4, 0.5) is 26.7 Å². The van der Waals surface area contributed by atoms with Crippen molar-refractivity contribution in [3.05, 3.63) is 46.7 Å². The molecule has 0 bridgehead atoms. The summed E-state index contributed by atoms with van der Waals surface area (Å²) in [6.45, 7) is 7.28. The minimum absolute atomic E-state index is 0.0170. The summed E-state index contributed by atoms with van der Waals surface area (Å²) in [7, 11) is -4.73. The Kier molecular flexibility index (Phi) is 9.18. The topological polar surface area (TPSA) is 122 Å². The summed E-state index contributed by atoms with van der Waals surface area (Å²) in [5.41, 5.74) is -6.17. The van der Waals surface area contributed by atoms with E-state index in [4.69, 9.17) is 14.2 Å². The highest BCUT2D eigenvalue weighted by Gasteiger charge is 2.49. The van der Waals surface area contributed by atoms with Gasteiger partial charge in [-0.1, -0.05) is 0 Å². The van der Waals surface area contributed by atoms with E-state index in [0.717, 1.165) is 6.07 Å². The summed E-state index contributed by atoms with van der Waals surface area (Å²) in [6.07, 6.45) is 0.0189. The third-order valence-electron chi connectivity index (χ3n) is 7.64. The number of alkyl halides is 3. The molecule has 1 aliphatic heterocycles. The number of hydrogen-bond acceptors (Lipinski definition) is 9. The van der Waals surface area contributed by atoms with Gasteiger partial charge in [0.1, 0.15) is 41.0 Å². The van der Waals surface area contributed by atoms with Gasteiger partial charge in [0, 0.05) is 36.9 Å². The number of methoxy groups -OCH3 is 1. The summed E-state index contributed by atoms with van der Waals surface area (Å²) in [5.74, 6) is -3.07. The monoisotopic (exact) mass is 688 g/mol. The smallest absolute Gasteiger partial charge is 0.490 e. The number of nitrogens with zero attached hydrogens (tertiary/aromatic N) is 4. The van der Waals surface area contributed by atoms with Crippen molar-refractivity contribution in [2.75, 3.05) is 26.9 Å². The first kappa shape index (κ1) is 34.3. The van der Waals surface area contributed by atoms with E-state index in [2.05, 4.69) is 14.3 Å². The number of carbonyl (C=O) groups is 1. The van der Waals surface area contributed by atoms with Gasteiger partial charge in [0.15, 0.2) is 0 Å². The summed E-state index contributed by atoms with van der Waals surface area (Å²) in [5, 5.41) is 4.58. The highest BCUT2D eigenvalue weighted by atomic mass is 32.2. The first-order valence-corrected chi connectivity index (χ1v) is 16.1. The van der Waals surface area contributed by atoms with Crippen LogP contribution in [0.3, 0.4) is 0 Å². The van der Waals surface area contributed by atoms with Gasteiger partial charge in [0.2, 0.25) is 5.88 Å². The fourth-order valence-corrected chi connectivity index (χ4v) is 6.07. The number of halogens is 5. The number of fused-ring (bicyclic) bond motifs is 2. The SMILES string of the molecule is COCCOc1cc(F)cc(F)c1-c1c(-c2cc3n(n2)CCN(C(=O)OC(C)(C)C)[C@@H]3C)nc(OS(=O)(=O)C(F)(F)F)c2c1CCC2. The summed E-state index contributed by atoms with van der Waals surface area (Å²) in [6, 6.07) is 2.51. The second kappa shape index (κ2) is 12.6. The molecular formula is C30H33F5N4O7S. The van der Waals surface area contributed by atoms with Crippen LogP contribution in [0.2, 0.25) is 0 Å². The predicted molar refractivity (Wildman–Crippen MR) is 157 cm³/mol. The molecule has 2 aliphatic rings. The van der Waals surface area contributed by atoms with E-state index >= 15 is 4.39 Å². The molecule has 3 heterocycles. The second-order valence-corrected chi connectivity index (χ2v) is 13.6. The maximum atomic E-state index is 15.8. The highest BCUT2D eigenvalue weighted by Crippen LogP contribution is 2.47. The van der Waals surface area contributed by atoms with E-state index < -0.39 is 50.9 Å². The number of ether oxygens (including phenoxy) is 3. The Morgan fingerprint density at radius 2 is 1.72 bits per heavy atom. The van der Waals surface area contributed by atoms with Gasteiger partial charge in [-0.05, 0) is 58.6 Å². The Labute approximate surface area is 267 Å². The van der Waals surface area contributed by atoms with Crippen molar-refractivity contribution in [3.8, 4) is 34.1 Å². The Bertz CT molecular complexity index is 1810. The number of pyridine rings is 1. The number of benzene rings is 1. The lowest BCUT2D eigenvalue weighted by Crippen LogP contribution is -2.43. The van der Waals surface area contributed by atoms with Crippen LogP contribution in [0.5, 0.6) is 11.6 Å². The Hall–Kier alpha value is -3.99. The van der Waals surface area contributed by atoms with Crippen LogP contribution in [0.15, 0.2) is 18.2 Å². The van der Waals surface area contributed by atoms with Gasteiger partial charge in [0.25, 0.3) is 0 Å². The molecule has 47 heavy (non-hydrogen) atoms. The predicted octanol–water partition coefficient (Wildman–Crippen LogP) is 5.94. The molecule has 0 saturated heterocycles. The molecule has 11 nitrogen and oxygen atoms in total. The number of aromatic nitrogens is 3. The Morgan fingerprint density at radius 3 is 2.38 bits per heavy atom. The molecule has 1 aromatic carbocycles. The minimum atomic E-state index is -6.14. The first-order valence-electron chi connectivity index (χ1n) is 14.7. The molecule has 5 rings (SSSR count). The zero-order chi connectivity index (χ0) is 34.5. The molecule has 0 radical (unpaired) electrons. The minimum Gasteiger partial charge on any atom is -0.490 e. The Morgan fingerprint density at radius 1 is 1.02 bits per heavy atom. The fourth-order valence-electron chi connectivity index (χ4n) is 5.63. The number of amides is 1. The average molecular weight is 689 g/mol. The molecule has 0 fully saturated rings. The van der Waals surface area contributed by atoms with Gasteiger partial charge in [-0.25, -0.2) is 18.6 Å². The maximum Gasteiger partial charge on any atom is 0.534 e. The number of hydrogen-bond donors (Lipinski definition) is 0. The molecule has 2 aromatic heterocycles. The lowest BCUT2D eigenvalue weighted by molar-refractivity contribution is -0.0501. The van der Waals surface area contributed by atoms with Crippen molar-refractivity contribution in [2.24, 2.45) is 0 Å². The molecule has 1 atom stereocenters. The van der Waals surface area contributed by atoms with Crippen molar-refractivity contribution in [1.82, 2.24) is 19.7 Å². The van der Waals surface area contributed by atoms with Crippen LogP contribution in [0.1, 0.15) is 57.0 Å². The van der Waals surface area contributed by atoms with Crippen molar-refractivity contribution >= 4 is 16.2 Å². The van der Waals surface area contributed by atoms with E-state index in [0.29, 0.717) is 18.2 Å². The van der Waals surface area contributed by atoms with Gasteiger partial charge >= 0.3 is 21.7 Å². The van der Waals surface area contributed by atoms with Crippen LogP contribution < -0.4 is 8.92 Å². The van der Waals surface area contributed by atoms with Gasteiger partial charge in [-0.15, -0.1) is 0 Å². The molecule has 1 amide bonds. The average Bonchev–Trinajstić information content (AvgIpc) is 3.60. The molecule has 17 heteroatoms. The van der Waals surface area contributed by atoms with Crippen molar-refractivity contribution in [1.29, 1.82) is 0 Å². The Balaban J connectivity index is 1.73. The van der Waals surface area contributed by atoms with Crippen LogP contribution in [-0.2, 0) is 39.0 Å². The van der Waals surface area contributed by atoms with Gasteiger partial charge in [0.05, 0.1) is 30.5 Å². The van der Waals surface area contributed by atoms with Crippen LogP contribution >= 0.6 is 0 Å². The van der Waals surface area contributed by atoms with E-state index in [1.54, 1.807) is 32.4 Å². The lowest BCUT2D eigenvalue weighted by atomic mass is 9.93. The molecule has 0 saturated carbocycles. The molecule has 3 aromatic rings. The van der Waals surface area contributed by atoms with Crippen molar-refractivity contribution in [3.63, 3.8) is 0 Å². The molecule has 1 aliphatic carbocycles. The van der Waals surface area contributed by atoms with E-state index in [1.165, 1.54) is 18.1 Å². The van der Waals surface area contributed by atoms with E-state index in [9.17, 15) is 30.8 Å². The van der Waals surface area contributed by atoms with Gasteiger partial charge in [-0.2, -0.15) is 26.7 Å². The zero-order valence-corrected chi connectivity index (χ0v) is 27.0. The molecule has 0 N–H and O–H groups in total. The molecular weight excluding hydrogens is 655 g/mol. The van der Waals surface area contributed by atoms with Gasteiger partial charge < -0.3 is 18.4 Å². The van der Waals surface area contributed by atoms with Crippen LogP contribution in [0.25, 0.3) is 22.5 Å². The molecule has 256 valence electrons. The second-order valence-electron chi connectivity index (χ2n) is 12.1. The zero-order valence-electron chi connectivity index (χ0n) is 26.2. The van der Waals surface area contributed by atoms with Crippen LogP contribution in [-0.4, -0.2) is 72.2 Å². The molecule has 0 unspecified atom stereocenters. The number of rotatable bonds is 8. The standard InChI is InChI=1S/C30H33F5N4O7S/c1-16-22-15-21(37-39(22)10-9-38(16)28(40)45-29(2,3)4)26-24(25-20(32)13-17(31)14-23(25)44-12-11-43-5)18-7-6-8-19(18)27(36-26)46-47(41,42)30(33,34)35/h13-16H,6-12H2,1-5H3/t16-/m1/s1. The highest BCUT2D eigenvalue weighted by molar-refractivity contribution is 7.88. The first-order chi connectivity index (χ1) is 21.9. The third kappa shape index (κ3) is 6.86. The summed E-state index contributed by atoms with van der Waals surface area (Å²) >= 11 is 0. The quantitative estimate of drug-likeness (QED) is 0.122. The van der Waals surface area contributed by atoms with Crippen molar-refractivity contribution < 1.29 is 53.6 Å². The van der Waals surface area contributed by atoms with Crippen molar-refractivity contribution in [2.45, 2.75) is 70.7 Å². The fraction of sp³-hybridized carbons (Fsp3) is 0.500. The summed E-state index contributed by atoms with van der Waals surface area (Å²) in [4.78, 5) is 18.7.